The molecule has 0 unspecified atom stereocenters. The molecular formula is C14H13F3N2. The van der Waals surface area contributed by atoms with Gasteiger partial charge in [-0.25, -0.2) is 0 Å². The van der Waals surface area contributed by atoms with Crippen LogP contribution in [0, 0.1) is 6.92 Å². The first-order valence-electron chi connectivity index (χ1n) is 5.67. The topological polar surface area (TPSA) is 38.0 Å². The van der Waals surface area contributed by atoms with E-state index in [2.05, 4.69) is 5.32 Å². The van der Waals surface area contributed by atoms with Gasteiger partial charge in [0.15, 0.2) is 0 Å². The normalized spacial score (nSPS) is 11.4. The van der Waals surface area contributed by atoms with Gasteiger partial charge in [0.25, 0.3) is 0 Å². The van der Waals surface area contributed by atoms with Gasteiger partial charge in [-0.1, -0.05) is 18.2 Å². The Morgan fingerprint density at radius 1 is 1.00 bits per heavy atom. The number of hydrogen-bond donors (Lipinski definition) is 2. The molecule has 0 aliphatic rings. The zero-order chi connectivity index (χ0) is 14.0. The third kappa shape index (κ3) is 2.99. The van der Waals surface area contributed by atoms with Crippen molar-refractivity contribution in [3.8, 4) is 0 Å². The summed E-state index contributed by atoms with van der Waals surface area (Å²) in [4.78, 5) is 0. The van der Waals surface area contributed by atoms with Crippen molar-refractivity contribution in [1.29, 1.82) is 0 Å². The molecule has 0 heterocycles. The lowest BCUT2D eigenvalue weighted by Gasteiger charge is -2.16. The number of rotatable bonds is 2. The molecule has 2 nitrogen and oxygen atoms in total. The molecule has 0 spiro atoms. The van der Waals surface area contributed by atoms with Crippen LogP contribution in [0.5, 0.6) is 0 Å². The Labute approximate surface area is 109 Å². The fraction of sp³-hybridized carbons (Fsp3) is 0.143. The van der Waals surface area contributed by atoms with Crippen LogP contribution >= 0.6 is 0 Å². The minimum Gasteiger partial charge on any atom is -0.399 e. The predicted molar refractivity (Wildman–Crippen MR) is 70.3 cm³/mol. The van der Waals surface area contributed by atoms with Gasteiger partial charge < -0.3 is 11.1 Å². The molecule has 0 aliphatic heterocycles. The molecule has 2 aromatic rings. The Hall–Kier alpha value is -2.17. The van der Waals surface area contributed by atoms with Crippen molar-refractivity contribution in [2.45, 2.75) is 13.1 Å². The number of anilines is 3. The number of hydrogen-bond acceptors (Lipinski definition) is 2. The average molecular weight is 266 g/mol. The minimum atomic E-state index is -4.39. The van der Waals surface area contributed by atoms with Crippen molar-refractivity contribution in [3.05, 3.63) is 53.6 Å². The summed E-state index contributed by atoms with van der Waals surface area (Å²) >= 11 is 0. The summed E-state index contributed by atoms with van der Waals surface area (Å²) in [5.41, 5.74) is 6.85. The van der Waals surface area contributed by atoms with Gasteiger partial charge in [0.2, 0.25) is 0 Å². The molecule has 3 N–H and O–H groups in total. The largest absolute Gasteiger partial charge is 0.418 e. The second-order valence-corrected chi connectivity index (χ2v) is 4.24. The van der Waals surface area contributed by atoms with E-state index in [1.54, 1.807) is 31.2 Å². The summed E-state index contributed by atoms with van der Waals surface area (Å²) < 4.78 is 38.6. The van der Waals surface area contributed by atoms with Crippen LogP contribution in [0.3, 0.4) is 0 Å². The van der Waals surface area contributed by atoms with Crippen LogP contribution in [0.2, 0.25) is 0 Å². The van der Waals surface area contributed by atoms with Crippen LogP contribution in [-0.4, -0.2) is 0 Å². The molecule has 19 heavy (non-hydrogen) atoms. The van der Waals surface area contributed by atoms with E-state index >= 15 is 0 Å². The fourth-order valence-electron chi connectivity index (χ4n) is 1.76. The second kappa shape index (κ2) is 4.84. The summed E-state index contributed by atoms with van der Waals surface area (Å²) in [5, 5.41) is 2.79. The molecule has 0 bridgehead atoms. The quantitative estimate of drug-likeness (QED) is 0.793. The molecule has 5 heteroatoms. The van der Waals surface area contributed by atoms with E-state index in [-0.39, 0.29) is 5.69 Å². The number of nitrogens with two attached hydrogens (primary N) is 1. The molecule has 0 aliphatic carbocycles. The monoisotopic (exact) mass is 266 g/mol. The standard InChI is InChI=1S/C14H13F3N2/c1-9-6-7-10(18)8-13(9)19-12-5-3-2-4-11(12)14(15,16)17/h2-8,19H,18H2,1H3. The summed E-state index contributed by atoms with van der Waals surface area (Å²) in [7, 11) is 0. The fourth-order valence-corrected chi connectivity index (χ4v) is 1.76. The van der Waals surface area contributed by atoms with E-state index in [0.717, 1.165) is 11.6 Å². The van der Waals surface area contributed by atoms with E-state index in [9.17, 15) is 13.2 Å². The summed E-state index contributed by atoms with van der Waals surface area (Å²) in [6.45, 7) is 1.80. The van der Waals surface area contributed by atoms with E-state index in [4.69, 9.17) is 5.73 Å². The molecule has 2 aromatic carbocycles. The van der Waals surface area contributed by atoms with Gasteiger partial charge in [-0.3, -0.25) is 0 Å². The molecule has 0 saturated heterocycles. The number of nitrogens with one attached hydrogen (secondary N) is 1. The molecule has 0 aromatic heterocycles. The van der Waals surface area contributed by atoms with Gasteiger partial charge in [0.1, 0.15) is 0 Å². The number of halogens is 3. The lowest BCUT2D eigenvalue weighted by Crippen LogP contribution is -2.09. The van der Waals surface area contributed by atoms with Crippen molar-refractivity contribution in [3.63, 3.8) is 0 Å². The van der Waals surface area contributed by atoms with Gasteiger partial charge in [-0.05, 0) is 36.8 Å². The molecule has 0 fully saturated rings. The lowest BCUT2D eigenvalue weighted by atomic mass is 10.1. The van der Waals surface area contributed by atoms with Crippen molar-refractivity contribution in [2.24, 2.45) is 0 Å². The first kappa shape index (κ1) is 13.3. The van der Waals surface area contributed by atoms with Crippen LogP contribution in [0.15, 0.2) is 42.5 Å². The Kier molecular flexibility index (Phi) is 3.38. The number of nitrogen functional groups attached to an aromatic ring is 1. The Balaban J connectivity index is 2.41. The maximum atomic E-state index is 12.9. The summed E-state index contributed by atoms with van der Waals surface area (Å²) in [6.07, 6.45) is -4.39. The van der Waals surface area contributed by atoms with Crippen LogP contribution < -0.4 is 11.1 Å². The first-order valence-corrected chi connectivity index (χ1v) is 5.67. The number of alkyl halides is 3. The van der Waals surface area contributed by atoms with E-state index in [1.807, 2.05) is 0 Å². The van der Waals surface area contributed by atoms with Crippen LogP contribution in [0.4, 0.5) is 30.2 Å². The minimum absolute atomic E-state index is 0.0173. The van der Waals surface area contributed by atoms with E-state index in [1.165, 1.54) is 12.1 Å². The predicted octanol–water partition coefficient (Wildman–Crippen LogP) is 4.34. The number of para-hydroxylation sites is 1. The number of benzene rings is 2. The van der Waals surface area contributed by atoms with Crippen LogP contribution in [0.25, 0.3) is 0 Å². The van der Waals surface area contributed by atoms with Crippen LogP contribution in [0.1, 0.15) is 11.1 Å². The molecule has 0 radical (unpaired) electrons. The summed E-state index contributed by atoms with van der Waals surface area (Å²) in [6, 6.07) is 10.4. The van der Waals surface area contributed by atoms with Crippen molar-refractivity contribution in [1.82, 2.24) is 0 Å². The average Bonchev–Trinajstić information content (AvgIpc) is 2.33. The Morgan fingerprint density at radius 3 is 2.37 bits per heavy atom. The van der Waals surface area contributed by atoms with Crippen molar-refractivity contribution in [2.75, 3.05) is 11.1 Å². The molecule has 2 rings (SSSR count). The molecule has 100 valence electrons. The zero-order valence-corrected chi connectivity index (χ0v) is 10.3. The maximum absolute atomic E-state index is 12.9. The second-order valence-electron chi connectivity index (χ2n) is 4.24. The van der Waals surface area contributed by atoms with E-state index in [0.29, 0.717) is 11.4 Å². The number of aryl methyl sites for hydroxylation is 1. The zero-order valence-electron chi connectivity index (χ0n) is 10.3. The third-order valence-electron chi connectivity index (χ3n) is 2.76. The van der Waals surface area contributed by atoms with Crippen molar-refractivity contribution >= 4 is 17.1 Å². The SMILES string of the molecule is Cc1ccc(N)cc1Nc1ccccc1C(F)(F)F. The van der Waals surface area contributed by atoms with Gasteiger partial charge in [-0.15, -0.1) is 0 Å². The van der Waals surface area contributed by atoms with Gasteiger partial charge in [-0.2, -0.15) is 13.2 Å². The van der Waals surface area contributed by atoms with Gasteiger partial charge in [0.05, 0.1) is 11.3 Å². The third-order valence-corrected chi connectivity index (χ3v) is 2.76. The maximum Gasteiger partial charge on any atom is 0.418 e. The lowest BCUT2D eigenvalue weighted by molar-refractivity contribution is -0.136. The Morgan fingerprint density at radius 2 is 1.68 bits per heavy atom. The molecular weight excluding hydrogens is 253 g/mol. The first-order chi connectivity index (χ1) is 8.88. The smallest absolute Gasteiger partial charge is 0.399 e. The highest BCUT2D eigenvalue weighted by Gasteiger charge is 2.33. The highest BCUT2D eigenvalue weighted by Crippen LogP contribution is 2.36. The van der Waals surface area contributed by atoms with Gasteiger partial charge >= 0.3 is 6.18 Å². The van der Waals surface area contributed by atoms with E-state index < -0.39 is 11.7 Å². The highest BCUT2D eigenvalue weighted by molar-refractivity contribution is 5.69. The van der Waals surface area contributed by atoms with Gasteiger partial charge in [0, 0.05) is 11.4 Å². The van der Waals surface area contributed by atoms with Crippen LogP contribution in [-0.2, 0) is 6.18 Å². The van der Waals surface area contributed by atoms with Crippen molar-refractivity contribution < 1.29 is 13.2 Å². The molecule has 0 amide bonds. The Bertz CT molecular complexity index is 591. The molecule has 0 atom stereocenters. The molecule has 0 saturated carbocycles. The summed E-state index contributed by atoms with van der Waals surface area (Å²) in [5.74, 6) is 0. The highest BCUT2D eigenvalue weighted by atomic mass is 19.4.